The molecule has 1 saturated heterocycles. The van der Waals surface area contributed by atoms with Crippen molar-refractivity contribution in [2.24, 2.45) is 5.92 Å². The molecule has 1 aromatic rings. The molecular weight excluding hydrogens is 252 g/mol. The van der Waals surface area contributed by atoms with Gasteiger partial charge in [-0.2, -0.15) is 0 Å². The third-order valence-electron chi connectivity index (χ3n) is 4.74. The first-order valence-corrected chi connectivity index (χ1v) is 7.53. The quantitative estimate of drug-likeness (QED) is 0.919. The minimum atomic E-state index is 0.610. The molecule has 2 heterocycles. The Balaban J connectivity index is 1.92. The molecule has 1 aromatic carbocycles. The smallest absolute Gasteiger partial charge is 0.162 e. The van der Waals surface area contributed by atoms with E-state index in [4.69, 9.17) is 9.47 Å². The highest BCUT2D eigenvalue weighted by atomic mass is 16.5. The molecule has 3 rings (SSSR count). The number of rotatable bonds is 3. The summed E-state index contributed by atoms with van der Waals surface area (Å²) >= 11 is 0. The van der Waals surface area contributed by atoms with E-state index >= 15 is 0 Å². The Morgan fingerprint density at radius 1 is 1.25 bits per heavy atom. The van der Waals surface area contributed by atoms with Gasteiger partial charge in [0.25, 0.3) is 0 Å². The minimum Gasteiger partial charge on any atom is -0.493 e. The van der Waals surface area contributed by atoms with Crippen molar-refractivity contribution in [2.45, 2.75) is 32.2 Å². The van der Waals surface area contributed by atoms with Gasteiger partial charge in [-0.25, -0.2) is 0 Å². The second-order valence-electron chi connectivity index (χ2n) is 5.75. The molecule has 0 radical (unpaired) electrons. The standard InChI is InChI=1S/C16H24N2O2/c1-4-11-5-6-18-12(7-11)10-17-13-8-15(19-2)16(20-3)9-14(13)18/h8-9,11-12,17H,4-7,10H2,1-3H3. The average Bonchev–Trinajstić information content (AvgIpc) is 2.52. The molecule has 0 aromatic heterocycles. The molecule has 0 aliphatic carbocycles. The normalized spacial score (nSPS) is 24.4. The number of methoxy groups -OCH3 is 2. The van der Waals surface area contributed by atoms with Crippen molar-refractivity contribution in [1.82, 2.24) is 0 Å². The summed E-state index contributed by atoms with van der Waals surface area (Å²) in [7, 11) is 3.38. The molecule has 0 spiro atoms. The van der Waals surface area contributed by atoms with Crippen LogP contribution < -0.4 is 19.7 Å². The second kappa shape index (κ2) is 5.43. The zero-order chi connectivity index (χ0) is 14.1. The molecule has 2 unspecified atom stereocenters. The summed E-state index contributed by atoms with van der Waals surface area (Å²) in [5.74, 6) is 2.48. The fraction of sp³-hybridized carbons (Fsp3) is 0.625. The summed E-state index contributed by atoms with van der Waals surface area (Å²) < 4.78 is 10.8. The maximum absolute atomic E-state index is 5.44. The van der Waals surface area contributed by atoms with Crippen LogP contribution >= 0.6 is 0 Å². The van der Waals surface area contributed by atoms with Crippen LogP contribution in [0.5, 0.6) is 11.5 Å². The van der Waals surface area contributed by atoms with Gasteiger partial charge in [0.15, 0.2) is 11.5 Å². The lowest BCUT2D eigenvalue weighted by Gasteiger charge is -2.45. The Morgan fingerprint density at radius 2 is 2.00 bits per heavy atom. The van der Waals surface area contributed by atoms with Crippen LogP contribution in [0.1, 0.15) is 26.2 Å². The largest absolute Gasteiger partial charge is 0.493 e. The number of anilines is 2. The lowest BCUT2D eigenvalue weighted by atomic mass is 9.87. The monoisotopic (exact) mass is 276 g/mol. The van der Waals surface area contributed by atoms with Gasteiger partial charge in [-0.15, -0.1) is 0 Å². The predicted octanol–water partition coefficient (Wildman–Crippen LogP) is 3.12. The van der Waals surface area contributed by atoms with E-state index in [9.17, 15) is 0 Å². The number of nitrogens with one attached hydrogen (secondary N) is 1. The van der Waals surface area contributed by atoms with Crippen LogP contribution in [0.25, 0.3) is 0 Å². The highest BCUT2D eigenvalue weighted by molar-refractivity contribution is 5.77. The number of benzene rings is 1. The van der Waals surface area contributed by atoms with Gasteiger partial charge < -0.3 is 19.7 Å². The van der Waals surface area contributed by atoms with E-state index in [1.807, 2.05) is 0 Å². The number of nitrogens with zero attached hydrogens (tertiary/aromatic N) is 1. The van der Waals surface area contributed by atoms with Crippen LogP contribution in [0.15, 0.2) is 12.1 Å². The lowest BCUT2D eigenvalue weighted by Crippen LogP contribution is -2.49. The summed E-state index contributed by atoms with van der Waals surface area (Å²) in [5, 5.41) is 3.56. The Bertz CT molecular complexity index is 490. The van der Waals surface area contributed by atoms with Gasteiger partial charge >= 0.3 is 0 Å². The predicted molar refractivity (Wildman–Crippen MR) is 82.2 cm³/mol. The maximum atomic E-state index is 5.44. The molecule has 1 N–H and O–H groups in total. The van der Waals surface area contributed by atoms with Gasteiger partial charge in [0, 0.05) is 31.3 Å². The second-order valence-corrected chi connectivity index (χ2v) is 5.75. The number of ether oxygens (including phenoxy) is 2. The van der Waals surface area contributed by atoms with E-state index in [0.29, 0.717) is 6.04 Å². The Hall–Kier alpha value is -1.58. The van der Waals surface area contributed by atoms with Crippen LogP contribution in [0.2, 0.25) is 0 Å². The summed E-state index contributed by atoms with van der Waals surface area (Å²) in [6.07, 6.45) is 3.88. The lowest BCUT2D eigenvalue weighted by molar-refractivity contribution is 0.333. The van der Waals surface area contributed by atoms with Gasteiger partial charge in [-0.05, 0) is 18.8 Å². The molecule has 0 saturated carbocycles. The van der Waals surface area contributed by atoms with E-state index in [-0.39, 0.29) is 0 Å². The van der Waals surface area contributed by atoms with E-state index in [1.165, 1.54) is 24.9 Å². The number of hydrogen-bond donors (Lipinski definition) is 1. The Morgan fingerprint density at radius 3 is 2.70 bits per heavy atom. The molecule has 2 atom stereocenters. The van der Waals surface area contributed by atoms with Crippen molar-refractivity contribution in [1.29, 1.82) is 0 Å². The van der Waals surface area contributed by atoms with Crippen molar-refractivity contribution in [3.63, 3.8) is 0 Å². The van der Waals surface area contributed by atoms with Crippen molar-refractivity contribution < 1.29 is 9.47 Å². The van der Waals surface area contributed by atoms with Crippen LogP contribution in [-0.4, -0.2) is 33.4 Å². The summed E-state index contributed by atoms with van der Waals surface area (Å²) in [4.78, 5) is 2.54. The number of hydrogen-bond acceptors (Lipinski definition) is 4. The molecule has 110 valence electrons. The van der Waals surface area contributed by atoms with E-state index in [0.717, 1.165) is 36.2 Å². The van der Waals surface area contributed by atoms with Crippen molar-refractivity contribution in [3.8, 4) is 11.5 Å². The molecule has 2 aliphatic rings. The molecule has 4 nitrogen and oxygen atoms in total. The van der Waals surface area contributed by atoms with Gasteiger partial charge in [0.05, 0.1) is 25.6 Å². The highest BCUT2D eigenvalue weighted by Crippen LogP contribution is 2.43. The zero-order valence-corrected chi connectivity index (χ0v) is 12.6. The zero-order valence-electron chi connectivity index (χ0n) is 12.6. The summed E-state index contributed by atoms with van der Waals surface area (Å²) in [6.45, 7) is 4.48. The highest BCUT2D eigenvalue weighted by Gasteiger charge is 2.32. The Labute approximate surface area is 121 Å². The fourth-order valence-corrected chi connectivity index (χ4v) is 3.49. The van der Waals surface area contributed by atoms with Crippen LogP contribution in [0.3, 0.4) is 0 Å². The first-order chi connectivity index (χ1) is 9.76. The third-order valence-corrected chi connectivity index (χ3v) is 4.74. The van der Waals surface area contributed by atoms with Gasteiger partial charge in [0.2, 0.25) is 0 Å². The topological polar surface area (TPSA) is 33.7 Å². The van der Waals surface area contributed by atoms with Gasteiger partial charge in [-0.1, -0.05) is 13.3 Å². The first-order valence-electron chi connectivity index (χ1n) is 7.53. The SMILES string of the molecule is CCC1CCN2c3cc(OC)c(OC)cc3NCC2C1. The van der Waals surface area contributed by atoms with Crippen LogP contribution in [0, 0.1) is 5.92 Å². The van der Waals surface area contributed by atoms with Crippen LogP contribution in [-0.2, 0) is 0 Å². The van der Waals surface area contributed by atoms with Crippen molar-refractivity contribution in [3.05, 3.63) is 12.1 Å². The fourth-order valence-electron chi connectivity index (χ4n) is 3.49. The molecule has 1 fully saturated rings. The van der Waals surface area contributed by atoms with Crippen LogP contribution in [0.4, 0.5) is 11.4 Å². The molecular formula is C16H24N2O2. The average molecular weight is 276 g/mol. The van der Waals surface area contributed by atoms with Crippen molar-refractivity contribution >= 4 is 11.4 Å². The van der Waals surface area contributed by atoms with Gasteiger partial charge in [-0.3, -0.25) is 0 Å². The molecule has 0 bridgehead atoms. The number of fused-ring (bicyclic) bond motifs is 3. The third kappa shape index (κ3) is 2.17. The summed E-state index contributed by atoms with van der Waals surface area (Å²) in [6, 6.07) is 4.77. The first kappa shape index (κ1) is 13.4. The molecule has 2 aliphatic heterocycles. The van der Waals surface area contributed by atoms with Crippen molar-refractivity contribution in [2.75, 3.05) is 37.5 Å². The summed E-state index contributed by atoms with van der Waals surface area (Å²) in [5.41, 5.74) is 2.42. The molecule has 0 amide bonds. The Kier molecular flexibility index (Phi) is 3.64. The maximum Gasteiger partial charge on any atom is 0.162 e. The van der Waals surface area contributed by atoms with E-state index < -0.39 is 0 Å². The van der Waals surface area contributed by atoms with E-state index in [2.05, 4.69) is 29.3 Å². The van der Waals surface area contributed by atoms with Gasteiger partial charge in [0.1, 0.15) is 0 Å². The molecule has 20 heavy (non-hydrogen) atoms. The molecule has 4 heteroatoms. The number of piperidine rings is 1. The minimum absolute atomic E-state index is 0.610. The van der Waals surface area contributed by atoms with E-state index in [1.54, 1.807) is 14.2 Å².